The van der Waals surface area contributed by atoms with Crippen LogP contribution in [0.25, 0.3) is 0 Å². The third kappa shape index (κ3) is 7.48. The molecule has 1 fully saturated rings. The molecule has 0 spiro atoms. The largest absolute Gasteiger partial charge is 0.480 e. The number of nitrogens with one attached hydrogen (secondary N) is 2. The fourth-order valence-electron chi connectivity index (χ4n) is 3.02. The molecule has 0 aliphatic carbocycles. The molecule has 0 aromatic rings. The van der Waals surface area contributed by atoms with Gasteiger partial charge in [-0.05, 0) is 32.6 Å². The summed E-state index contributed by atoms with van der Waals surface area (Å²) in [5.41, 5.74) is 16.0. The van der Waals surface area contributed by atoms with E-state index in [2.05, 4.69) is 15.6 Å². The zero-order valence-electron chi connectivity index (χ0n) is 16.9. The summed E-state index contributed by atoms with van der Waals surface area (Å²) in [6.07, 6.45) is 1.30. The molecule has 1 saturated heterocycles. The van der Waals surface area contributed by atoms with Crippen LogP contribution >= 0.6 is 0 Å². The Kier molecular flexibility index (Phi) is 9.98. The van der Waals surface area contributed by atoms with Crippen molar-refractivity contribution in [3.05, 3.63) is 0 Å². The van der Waals surface area contributed by atoms with Crippen molar-refractivity contribution in [2.24, 2.45) is 22.2 Å². The Hall–Kier alpha value is -2.93. The number of carbonyl (C=O) groups is 4. The summed E-state index contributed by atoms with van der Waals surface area (Å²) in [7, 11) is 0. The molecule has 1 heterocycles. The normalized spacial score (nSPS) is 18.8. The van der Waals surface area contributed by atoms with E-state index in [1.165, 1.54) is 6.92 Å². The number of nitrogens with two attached hydrogens (primary N) is 3. The van der Waals surface area contributed by atoms with Crippen LogP contribution in [-0.2, 0) is 19.2 Å². The molecule has 13 heteroatoms. The zero-order valence-corrected chi connectivity index (χ0v) is 16.9. The van der Waals surface area contributed by atoms with Crippen LogP contribution in [0.1, 0.15) is 32.6 Å². The SMILES string of the molecule is CC(N)C(=O)NC(CCCN=C(N)N)C(=O)NC(CO)C(=O)N1CCCC1C(=O)O. The van der Waals surface area contributed by atoms with E-state index in [1.54, 1.807) is 0 Å². The van der Waals surface area contributed by atoms with Gasteiger partial charge in [0.2, 0.25) is 17.7 Å². The van der Waals surface area contributed by atoms with E-state index in [1.807, 2.05) is 0 Å². The van der Waals surface area contributed by atoms with E-state index in [0.29, 0.717) is 19.3 Å². The van der Waals surface area contributed by atoms with Gasteiger partial charge in [0, 0.05) is 13.1 Å². The number of aliphatic imine (C=N–C) groups is 1. The van der Waals surface area contributed by atoms with Gasteiger partial charge in [0.1, 0.15) is 18.1 Å². The third-order valence-corrected chi connectivity index (χ3v) is 4.61. The molecule has 1 rings (SSSR count). The van der Waals surface area contributed by atoms with Crippen molar-refractivity contribution in [3.63, 3.8) is 0 Å². The maximum Gasteiger partial charge on any atom is 0.326 e. The molecular formula is C17H31N7O6. The highest BCUT2D eigenvalue weighted by Gasteiger charge is 2.38. The quantitative estimate of drug-likeness (QED) is 0.0977. The number of carboxylic acids is 1. The number of carboxylic acid groups (broad SMARTS) is 1. The maximum absolute atomic E-state index is 12.7. The van der Waals surface area contributed by atoms with Crippen LogP contribution in [-0.4, -0.2) is 88.6 Å². The number of guanidine groups is 1. The number of aliphatic hydroxyl groups excluding tert-OH is 1. The molecule has 1 aliphatic rings. The van der Waals surface area contributed by atoms with Crippen molar-refractivity contribution in [2.75, 3.05) is 19.7 Å². The number of aliphatic hydroxyl groups is 1. The zero-order chi connectivity index (χ0) is 22.8. The summed E-state index contributed by atoms with van der Waals surface area (Å²) < 4.78 is 0. The smallest absolute Gasteiger partial charge is 0.326 e. The third-order valence-electron chi connectivity index (χ3n) is 4.61. The van der Waals surface area contributed by atoms with Gasteiger partial charge in [-0.25, -0.2) is 4.79 Å². The van der Waals surface area contributed by atoms with Gasteiger partial charge < -0.3 is 42.9 Å². The second-order valence-corrected chi connectivity index (χ2v) is 7.07. The average Bonchev–Trinajstić information content (AvgIpc) is 3.17. The standard InChI is InChI=1S/C17H31N7O6/c1-9(18)13(26)22-10(4-2-6-21-17(19)20)14(27)23-11(8-25)15(28)24-7-3-5-12(24)16(29)30/h9-12,25H,2-8,18H2,1H3,(H,22,26)(H,23,27)(H,29,30)(H4,19,20,21). The molecule has 0 radical (unpaired) electrons. The maximum atomic E-state index is 12.7. The molecule has 0 bridgehead atoms. The van der Waals surface area contributed by atoms with Crippen LogP contribution in [0.5, 0.6) is 0 Å². The lowest BCUT2D eigenvalue weighted by Crippen LogP contribution is -2.58. The van der Waals surface area contributed by atoms with Crippen molar-refractivity contribution in [1.82, 2.24) is 15.5 Å². The molecule has 4 unspecified atom stereocenters. The summed E-state index contributed by atoms with van der Waals surface area (Å²) in [6, 6.07) is -4.26. The number of rotatable bonds is 11. The summed E-state index contributed by atoms with van der Waals surface area (Å²) in [5, 5.41) is 23.7. The first-order valence-electron chi connectivity index (χ1n) is 9.64. The second-order valence-electron chi connectivity index (χ2n) is 7.07. The monoisotopic (exact) mass is 429 g/mol. The molecule has 0 saturated carbocycles. The lowest BCUT2D eigenvalue weighted by molar-refractivity contribution is -0.150. The fraction of sp³-hybridized carbons (Fsp3) is 0.706. The predicted molar refractivity (Wildman–Crippen MR) is 107 cm³/mol. The topological polar surface area (TPSA) is 226 Å². The van der Waals surface area contributed by atoms with Crippen molar-refractivity contribution >= 4 is 29.7 Å². The Balaban J connectivity index is 2.84. The van der Waals surface area contributed by atoms with Gasteiger partial charge in [-0.15, -0.1) is 0 Å². The lowest BCUT2D eigenvalue weighted by Gasteiger charge is -2.28. The summed E-state index contributed by atoms with van der Waals surface area (Å²) in [6.45, 7) is 1.15. The molecule has 0 aromatic heterocycles. The van der Waals surface area contributed by atoms with Gasteiger partial charge in [0.05, 0.1) is 12.6 Å². The number of likely N-dealkylation sites (tertiary alicyclic amines) is 1. The summed E-state index contributed by atoms with van der Waals surface area (Å²) in [5.74, 6) is -3.25. The Bertz CT molecular complexity index is 665. The summed E-state index contributed by atoms with van der Waals surface area (Å²) in [4.78, 5) is 53.5. The van der Waals surface area contributed by atoms with E-state index in [0.717, 1.165) is 4.90 Å². The minimum Gasteiger partial charge on any atom is -0.480 e. The van der Waals surface area contributed by atoms with Gasteiger partial charge in [-0.2, -0.15) is 0 Å². The average molecular weight is 429 g/mol. The molecule has 4 atom stereocenters. The highest BCUT2D eigenvalue weighted by atomic mass is 16.4. The van der Waals surface area contributed by atoms with Crippen molar-refractivity contribution < 1.29 is 29.4 Å². The summed E-state index contributed by atoms with van der Waals surface area (Å²) >= 11 is 0. The minimum absolute atomic E-state index is 0.111. The fourth-order valence-corrected chi connectivity index (χ4v) is 3.02. The number of nitrogens with zero attached hydrogens (tertiary/aromatic N) is 2. The minimum atomic E-state index is -1.34. The lowest BCUT2D eigenvalue weighted by atomic mass is 10.1. The van der Waals surface area contributed by atoms with Gasteiger partial charge in [-0.1, -0.05) is 0 Å². The van der Waals surface area contributed by atoms with Crippen molar-refractivity contribution in [1.29, 1.82) is 0 Å². The van der Waals surface area contributed by atoms with E-state index in [-0.39, 0.29) is 25.5 Å². The van der Waals surface area contributed by atoms with E-state index in [4.69, 9.17) is 17.2 Å². The molecule has 3 amide bonds. The van der Waals surface area contributed by atoms with Gasteiger partial charge >= 0.3 is 5.97 Å². The first kappa shape index (κ1) is 25.1. The van der Waals surface area contributed by atoms with Crippen LogP contribution in [0.2, 0.25) is 0 Å². The Morgan fingerprint density at radius 3 is 2.33 bits per heavy atom. The first-order valence-corrected chi connectivity index (χ1v) is 9.64. The second kappa shape index (κ2) is 11.9. The Labute approximate surface area is 174 Å². The number of aliphatic carboxylic acids is 1. The molecule has 10 N–H and O–H groups in total. The number of carbonyl (C=O) groups excluding carboxylic acids is 3. The van der Waals surface area contributed by atoms with Crippen LogP contribution in [0.15, 0.2) is 4.99 Å². The van der Waals surface area contributed by atoms with Crippen molar-refractivity contribution in [3.8, 4) is 0 Å². The predicted octanol–water partition coefficient (Wildman–Crippen LogP) is -3.58. The van der Waals surface area contributed by atoms with E-state index in [9.17, 15) is 29.4 Å². The molecule has 170 valence electrons. The van der Waals surface area contributed by atoms with Gasteiger partial charge in [0.15, 0.2) is 5.96 Å². The number of hydrogen-bond donors (Lipinski definition) is 7. The molecule has 13 nitrogen and oxygen atoms in total. The molecular weight excluding hydrogens is 398 g/mol. The Morgan fingerprint density at radius 2 is 1.80 bits per heavy atom. The van der Waals surface area contributed by atoms with E-state index < -0.39 is 54.5 Å². The van der Waals surface area contributed by atoms with Gasteiger partial charge in [0.25, 0.3) is 0 Å². The van der Waals surface area contributed by atoms with Gasteiger partial charge in [-0.3, -0.25) is 19.4 Å². The van der Waals surface area contributed by atoms with Crippen LogP contribution in [0.3, 0.4) is 0 Å². The van der Waals surface area contributed by atoms with Crippen LogP contribution in [0.4, 0.5) is 0 Å². The number of amides is 3. The number of hydrogen-bond acceptors (Lipinski definition) is 7. The van der Waals surface area contributed by atoms with Crippen molar-refractivity contribution in [2.45, 2.75) is 56.8 Å². The van der Waals surface area contributed by atoms with E-state index >= 15 is 0 Å². The highest BCUT2D eigenvalue weighted by molar-refractivity contribution is 5.94. The molecule has 30 heavy (non-hydrogen) atoms. The Morgan fingerprint density at radius 1 is 1.17 bits per heavy atom. The molecule has 0 aromatic carbocycles. The van der Waals surface area contributed by atoms with Crippen LogP contribution < -0.4 is 27.8 Å². The van der Waals surface area contributed by atoms with Crippen LogP contribution in [0, 0.1) is 0 Å². The first-order chi connectivity index (χ1) is 14.1. The molecule has 1 aliphatic heterocycles. The highest BCUT2D eigenvalue weighted by Crippen LogP contribution is 2.18.